The Labute approximate surface area is 213 Å². The van der Waals surface area contributed by atoms with Crippen LogP contribution >= 0.6 is 0 Å². The predicted octanol–water partition coefficient (Wildman–Crippen LogP) is 4.30. The molecule has 0 radical (unpaired) electrons. The monoisotopic (exact) mass is 496 g/mol. The average Bonchev–Trinajstić information content (AvgIpc) is 3.24. The van der Waals surface area contributed by atoms with Gasteiger partial charge in [0.2, 0.25) is 6.41 Å². The molecule has 1 aliphatic rings. The summed E-state index contributed by atoms with van der Waals surface area (Å²) in [7, 11) is 1.69. The summed E-state index contributed by atoms with van der Waals surface area (Å²) >= 11 is 0. The third-order valence-corrected chi connectivity index (χ3v) is 5.65. The SMILES string of the molecule is C=CCOC(=O)[C@H]1C[C@H](Oc2cccc(C(N)=NC=O)c2)CC1C.CCOc1ccc(COC)cc1. The number of nitrogens with two attached hydrogens (primary N) is 1. The van der Waals surface area contributed by atoms with E-state index in [1.807, 2.05) is 44.2 Å². The zero-order valence-electron chi connectivity index (χ0n) is 21.2. The van der Waals surface area contributed by atoms with Gasteiger partial charge in [0.25, 0.3) is 0 Å². The molecule has 8 nitrogen and oxygen atoms in total. The molecular formula is C28H36N2O6. The zero-order valence-corrected chi connectivity index (χ0v) is 21.2. The van der Waals surface area contributed by atoms with Gasteiger partial charge in [0.15, 0.2) is 0 Å². The van der Waals surface area contributed by atoms with E-state index in [0.29, 0.717) is 37.4 Å². The van der Waals surface area contributed by atoms with Gasteiger partial charge in [0.05, 0.1) is 25.2 Å². The van der Waals surface area contributed by atoms with Gasteiger partial charge < -0.3 is 24.7 Å². The van der Waals surface area contributed by atoms with Crippen LogP contribution in [0.15, 0.2) is 66.2 Å². The van der Waals surface area contributed by atoms with Crippen molar-refractivity contribution in [1.29, 1.82) is 0 Å². The van der Waals surface area contributed by atoms with Crippen LogP contribution in [0.1, 0.15) is 37.8 Å². The molecule has 2 aromatic rings. The molecule has 0 spiro atoms. The molecule has 0 aromatic heterocycles. The lowest BCUT2D eigenvalue weighted by molar-refractivity contribution is -0.148. The molecule has 1 amide bonds. The highest BCUT2D eigenvalue weighted by atomic mass is 16.5. The molecule has 3 atom stereocenters. The van der Waals surface area contributed by atoms with Crippen molar-refractivity contribution in [1.82, 2.24) is 0 Å². The molecule has 1 aliphatic carbocycles. The molecule has 1 saturated carbocycles. The van der Waals surface area contributed by atoms with E-state index in [9.17, 15) is 9.59 Å². The number of ether oxygens (including phenoxy) is 4. The minimum atomic E-state index is -0.204. The summed E-state index contributed by atoms with van der Waals surface area (Å²) in [5.74, 6) is 1.51. The number of aliphatic imine (C=N–C) groups is 1. The van der Waals surface area contributed by atoms with Crippen molar-refractivity contribution in [2.75, 3.05) is 20.3 Å². The molecule has 0 aliphatic heterocycles. The van der Waals surface area contributed by atoms with Crippen molar-refractivity contribution < 1.29 is 28.5 Å². The lowest BCUT2D eigenvalue weighted by atomic mass is 9.99. The maximum absolute atomic E-state index is 12.0. The van der Waals surface area contributed by atoms with Gasteiger partial charge in [0.1, 0.15) is 23.9 Å². The van der Waals surface area contributed by atoms with Gasteiger partial charge in [-0.05, 0) is 55.5 Å². The van der Waals surface area contributed by atoms with E-state index in [4.69, 9.17) is 24.7 Å². The number of hydrogen-bond acceptors (Lipinski definition) is 6. The first-order chi connectivity index (χ1) is 17.4. The van der Waals surface area contributed by atoms with Crippen LogP contribution in [-0.4, -0.2) is 44.6 Å². The van der Waals surface area contributed by atoms with E-state index in [1.54, 1.807) is 31.4 Å². The second kappa shape index (κ2) is 15.4. The molecule has 0 heterocycles. The molecule has 8 heteroatoms. The van der Waals surface area contributed by atoms with Crippen LogP contribution in [0.2, 0.25) is 0 Å². The minimum absolute atomic E-state index is 0.0687. The molecule has 2 N–H and O–H groups in total. The smallest absolute Gasteiger partial charge is 0.309 e. The molecule has 36 heavy (non-hydrogen) atoms. The molecule has 2 aromatic carbocycles. The second-order valence-corrected chi connectivity index (χ2v) is 8.37. The molecule has 0 bridgehead atoms. The van der Waals surface area contributed by atoms with E-state index in [2.05, 4.69) is 11.6 Å². The van der Waals surface area contributed by atoms with Gasteiger partial charge in [-0.15, -0.1) is 0 Å². The fraction of sp³-hybridized carbons (Fsp3) is 0.393. The number of carbonyl (C=O) groups is 2. The Morgan fingerprint density at radius 1 is 1.17 bits per heavy atom. The zero-order chi connectivity index (χ0) is 26.3. The van der Waals surface area contributed by atoms with Crippen molar-refractivity contribution in [3.8, 4) is 11.5 Å². The Morgan fingerprint density at radius 2 is 1.92 bits per heavy atom. The molecule has 194 valence electrons. The lowest BCUT2D eigenvalue weighted by Gasteiger charge is -2.14. The van der Waals surface area contributed by atoms with Crippen molar-refractivity contribution in [3.05, 3.63) is 72.3 Å². The number of benzene rings is 2. The summed E-state index contributed by atoms with van der Waals surface area (Å²) in [5, 5.41) is 0. The van der Waals surface area contributed by atoms with E-state index in [0.717, 1.165) is 12.2 Å². The van der Waals surface area contributed by atoms with Gasteiger partial charge in [-0.2, -0.15) is 4.99 Å². The van der Waals surface area contributed by atoms with Crippen molar-refractivity contribution in [2.24, 2.45) is 22.6 Å². The summed E-state index contributed by atoms with van der Waals surface area (Å²) in [6.07, 6.45) is 3.28. The summed E-state index contributed by atoms with van der Waals surface area (Å²) in [4.78, 5) is 26.0. The fourth-order valence-corrected chi connectivity index (χ4v) is 3.93. The Bertz CT molecular complexity index is 980. The number of amidine groups is 1. The van der Waals surface area contributed by atoms with E-state index in [-0.39, 0.29) is 36.4 Å². The Morgan fingerprint density at radius 3 is 2.56 bits per heavy atom. The number of hydrogen-bond donors (Lipinski definition) is 1. The van der Waals surface area contributed by atoms with Crippen LogP contribution in [0.5, 0.6) is 11.5 Å². The van der Waals surface area contributed by atoms with Crippen LogP contribution in [-0.2, 0) is 25.7 Å². The quantitative estimate of drug-likeness (QED) is 0.162. The second-order valence-electron chi connectivity index (χ2n) is 8.37. The van der Waals surface area contributed by atoms with Crippen molar-refractivity contribution in [3.63, 3.8) is 0 Å². The number of methoxy groups -OCH3 is 1. The topological polar surface area (TPSA) is 109 Å². The van der Waals surface area contributed by atoms with Gasteiger partial charge in [0, 0.05) is 12.7 Å². The van der Waals surface area contributed by atoms with Gasteiger partial charge in [-0.1, -0.05) is 43.8 Å². The van der Waals surface area contributed by atoms with Gasteiger partial charge >= 0.3 is 5.97 Å². The maximum atomic E-state index is 12.0. The van der Waals surface area contributed by atoms with Gasteiger partial charge in [-0.25, -0.2) is 0 Å². The Balaban J connectivity index is 0.000000319. The number of rotatable bonds is 11. The number of carbonyl (C=O) groups excluding carboxylic acids is 2. The molecule has 3 rings (SSSR count). The lowest BCUT2D eigenvalue weighted by Crippen LogP contribution is -2.20. The van der Waals surface area contributed by atoms with Crippen LogP contribution in [0, 0.1) is 11.8 Å². The third-order valence-electron chi connectivity index (χ3n) is 5.65. The van der Waals surface area contributed by atoms with Crippen LogP contribution < -0.4 is 15.2 Å². The van der Waals surface area contributed by atoms with E-state index < -0.39 is 0 Å². The fourth-order valence-electron chi connectivity index (χ4n) is 3.93. The third kappa shape index (κ3) is 9.19. The normalized spacial score (nSPS) is 19.0. The van der Waals surface area contributed by atoms with Crippen molar-refractivity contribution >= 4 is 18.2 Å². The first-order valence-corrected chi connectivity index (χ1v) is 11.9. The number of nitrogens with zero attached hydrogens (tertiary/aromatic N) is 1. The number of esters is 1. The first kappa shape index (κ1) is 28.6. The van der Waals surface area contributed by atoms with Crippen LogP contribution in [0.4, 0.5) is 0 Å². The summed E-state index contributed by atoms with van der Waals surface area (Å²) < 4.78 is 21.4. The maximum Gasteiger partial charge on any atom is 0.309 e. The largest absolute Gasteiger partial charge is 0.494 e. The van der Waals surface area contributed by atoms with Crippen molar-refractivity contribution in [2.45, 2.75) is 39.4 Å². The predicted molar refractivity (Wildman–Crippen MR) is 139 cm³/mol. The highest BCUT2D eigenvalue weighted by Gasteiger charge is 2.38. The Hall–Kier alpha value is -3.65. The molecular weight excluding hydrogens is 460 g/mol. The Kier molecular flexibility index (Phi) is 12.2. The highest BCUT2D eigenvalue weighted by molar-refractivity contribution is 6.00. The molecule has 1 unspecified atom stereocenters. The summed E-state index contributed by atoms with van der Waals surface area (Å²) in [5.41, 5.74) is 7.49. The first-order valence-electron chi connectivity index (χ1n) is 11.9. The van der Waals surface area contributed by atoms with Crippen LogP contribution in [0.3, 0.4) is 0 Å². The molecule has 1 fully saturated rings. The molecule has 0 saturated heterocycles. The van der Waals surface area contributed by atoms with Gasteiger partial charge in [-0.3, -0.25) is 9.59 Å². The number of amides is 1. The average molecular weight is 497 g/mol. The van der Waals surface area contributed by atoms with E-state index in [1.165, 1.54) is 5.56 Å². The summed E-state index contributed by atoms with van der Waals surface area (Å²) in [6.45, 7) is 9.14. The van der Waals surface area contributed by atoms with E-state index >= 15 is 0 Å². The summed E-state index contributed by atoms with van der Waals surface area (Å²) in [6, 6.07) is 15.0. The minimum Gasteiger partial charge on any atom is -0.494 e. The highest BCUT2D eigenvalue weighted by Crippen LogP contribution is 2.35. The van der Waals surface area contributed by atoms with Crippen LogP contribution in [0.25, 0.3) is 0 Å². The standard InChI is InChI=1S/C18H22N2O4.C10H14O2/c1-3-7-23-18(22)16-10-15(8-12(16)2)24-14-6-4-5-13(9-14)17(19)20-11-21;1-3-12-10-6-4-9(5-7-10)8-11-2/h3-6,9,11-12,15-16H,1,7-8,10H2,2H3,(H2,19,20,21);4-7H,3,8H2,1-2H3/t12?,15-,16+;/m1./s1.